The van der Waals surface area contributed by atoms with Gasteiger partial charge in [-0.15, -0.1) is 0 Å². The van der Waals surface area contributed by atoms with E-state index in [1.54, 1.807) is 0 Å². The quantitative estimate of drug-likeness (QED) is 0.0286. The highest BCUT2D eigenvalue weighted by Gasteiger charge is 2.44. The van der Waals surface area contributed by atoms with Gasteiger partial charge in [0.15, 0.2) is 6.29 Å². The van der Waals surface area contributed by atoms with Gasteiger partial charge < -0.3 is 45.5 Å². The fraction of sp³-hybridized carbons (Fsp3) is 0.976. The number of ether oxygens (including phenoxy) is 3. The molecule has 51 heavy (non-hydrogen) atoms. The Morgan fingerprint density at radius 3 is 1.47 bits per heavy atom. The number of aliphatic hydroxyl groups is 5. The van der Waals surface area contributed by atoms with Crippen molar-refractivity contribution < 1.29 is 44.5 Å². The summed E-state index contributed by atoms with van der Waals surface area (Å²) in [7, 11) is 0. The molecule has 10 nitrogen and oxygen atoms in total. The number of unbranched alkanes of at least 4 members (excludes halogenated alkanes) is 24. The predicted octanol–water partition coefficient (Wildman–Crippen LogP) is 7.37. The van der Waals surface area contributed by atoms with Gasteiger partial charge in [0.1, 0.15) is 36.6 Å². The van der Waals surface area contributed by atoms with Crippen molar-refractivity contribution in [1.82, 2.24) is 0 Å². The first kappa shape index (κ1) is 48.2. The number of esters is 1. The Kier molecular flexibility index (Phi) is 30.8. The Balaban J connectivity index is 2.10. The first-order chi connectivity index (χ1) is 24.8. The summed E-state index contributed by atoms with van der Waals surface area (Å²) in [4.78, 5) is 12.7. The molecule has 0 saturated carbocycles. The maximum Gasteiger partial charge on any atom is 0.306 e. The molecule has 1 saturated heterocycles. The van der Waals surface area contributed by atoms with Crippen molar-refractivity contribution in [1.29, 1.82) is 0 Å². The van der Waals surface area contributed by atoms with E-state index in [4.69, 9.17) is 19.9 Å². The van der Waals surface area contributed by atoms with E-state index in [2.05, 4.69) is 13.8 Å². The van der Waals surface area contributed by atoms with Gasteiger partial charge in [-0.05, 0) is 19.3 Å². The molecule has 8 atom stereocenters. The second-order valence-electron chi connectivity index (χ2n) is 15.2. The van der Waals surface area contributed by atoms with E-state index in [1.807, 2.05) is 0 Å². The molecule has 0 aromatic carbocycles. The van der Waals surface area contributed by atoms with Crippen LogP contribution in [0, 0.1) is 0 Å². The van der Waals surface area contributed by atoms with Crippen molar-refractivity contribution in [2.45, 2.75) is 243 Å². The highest BCUT2D eigenvalue weighted by molar-refractivity contribution is 5.69. The fourth-order valence-corrected chi connectivity index (χ4v) is 6.96. The number of nitrogens with two attached hydrogens (primary N) is 1. The summed E-state index contributed by atoms with van der Waals surface area (Å²) in [6.45, 7) is 3.52. The zero-order valence-electron chi connectivity index (χ0n) is 32.8. The monoisotopic (exact) mass is 732 g/mol. The van der Waals surface area contributed by atoms with Crippen molar-refractivity contribution in [3.8, 4) is 0 Å². The van der Waals surface area contributed by atoms with E-state index >= 15 is 0 Å². The molecule has 0 amide bonds. The van der Waals surface area contributed by atoms with Crippen LogP contribution in [0.2, 0.25) is 0 Å². The van der Waals surface area contributed by atoms with E-state index < -0.39 is 55.6 Å². The number of carbonyl (C=O) groups is 1. The minimum absolute atomic E-state index is 0.259. The lowest BCUT2D eigenvalue weighted by molar-refractivity contribution is -0.302. The SMILES string of the molecule is CCCCCCCCCCCCCCCCCCCCCCCCCC(=O)O[C@H](CCCCC)[C@@H](O)[C@@H](N)CO[C@H]1O[C@H](CO)[C@H](O)[C@H](O)[C@H]1O. The predicted molar refractivity (Wildman–Crippen MR) is 204 cm³/mol. The van der Waals surface area contributed by atoms with Crippen LogP contribution in [0.1, 0.15) is 194 Å². The first-order valence-electron chi connectivity index (χ1n) is 21.3. The van der Waals surface area contributed by atoms with Gasteiger partial charge in [-0.3, -0.25) is 4.79 Å². The van der Waals surface area contributed by atoms with Gasteiger partial charge in [0, 0.05) is 6.42 Å². The van der Waals surface area contributed by atoms with E-state index in [0.717, 1.165) is 38.5 Å². The number of aliphatic hydroxyl groups excluding tert-OH is 5. The van der Waals surface area contributed by atoms with Gasteiger partial charge >= 0.3 is 5.97 Å². The summed E-state index contributed by atoms with van der Waals surface area (Å²) < 4.78 is 16.6. The molecule has 0 spiro atoms. The second kappa shape index (κ2) is 32.6. The smallest absolute Gasteiger partial charge is 0.306 e. The molecule has 0 aliphatic carbocycles. The van der Waals surface area contributed by atoms with Gasteiger partial charge in [0.25, 0.3) is 0 Å². The molecule has 1 aliphatic rings. The van der Waals surface area contributed by atoms with Crippen LogP contribution in [-0.2, 0) is 19.0 Å². The third-order valence-electron chi connectivity index (χ3n) is 10.5. The molecule has 10 heteroatoms. The van der Waals surface area contributed by atoms with E-state index in [1.165, 1.54) is 128 Å². The van der Waals surface area contributed by atoms with Crippen LogP contribution >= 0.6 is 0 Å². The van der Waals surface area contributed by atoms with Crippen LogP contribution in [0.25, 0.3) is 0 Å². The third kappa shape index (κ3) is 23.5. The minimum atomic E-state index is -1.57. The average molecular weight is 732 g/mol. The standard InChI is InChI=1S/C41H81NO9/c1-3-5-7-8-9-10-11-12-13-14-15-16-17-18-19-20-21-22-23-24-25-26-28-30-36(44)50-34(29-27-6-4-2)37(45)33(42)32-49-41-40(48)39(47)38(46)35(31-43)51-41/h33-35,37-41,43,45-48H,3-32,42H2,1-2H3/t33-,34+,35+,37-,38-,39-,40+,41-/m0/s1. The Labute approximate surface area is 311 Å². The lowest BCUT2D eigenvalue weighted by Gasteiger charge is -2.40. The summed E-state index contributed by atoms with van der Waals surface area (Å²) in [5, 5.41) is 50.5. The average Bonchev–Trinajstić information content (AvgIpc) is 3.13. The number of carbonyl (C=O) groups excluding carboxylic acids is 1. The number of hydrogen-bond acceptors (Lipinski definition) is 10. The lowest BCUT2D eigenvalue weighted by atomic mass is 9.99. The van der Waals surface area contributed by atoms with Crippen LogP contribution in [0.3, 0.4) is 0 Å². The maximum atomic E-state index is 12.7. The van der Waals surface area contributed by atoms with E-state index in [-0.39, 0.29) is 12.6 Å². The topological polar surface area (TPSA) is 172 Å². The van der Waals surface area contributed by atoms with Gasteiger partial charge in [0.05, 0.1) is 19.3 Å². The highest BCUT2D eigenvalue weighted by atomic mass is 16.7. The van der Waals surface area contributed by atoms with Gasteiger partial charge in [-0.25, -0.2) is 0 Å². The third-order valence-corrected chi connectivity index (χ3v) is 10.5. The zero-order chi connectivity index (χ0) is 37.5. The highest BCUT2D eigenvalue weighted by Crippen LogP contribution is 2.23. The summed E-state index contributed by atoms with van der Waals surface area (Å²) in [6, 6.07) is -0.962. The Morgan fingerprint density at radius 1 is 0.627 bits per heavy atom. The summed E-state index contributed by atoms with van der Waals surface area (Å²) >= 11 is 0. The van der Waals surface area contributed by atoms with Crippen molar-refractivity contribution in [2.75, 3.05) is 13.2 Å². The van der Waals surface area contributed by atoms with Crippen molar-refractivity contribution >= 4 is 5.97 Å². The summed E-state index contributed by atoms with van der Waals surface area (Å²) in [5.41, 5.74) is 6.19. The largest absolute Gasteiger partial charge is 0.460 e. The minimum Gasteiger partial charge on any atom is -0.460 e. The number of hydrogen-bond donors (Lipinski definition) is 6. The van der Waals surface area contributed by atoms with Gasteiger partial charge in [-0.1, -0.05) is 168 Å². The molecule has 0 radical (unpaired) electrons. The molecule has 1 aliphatic heterocycles. The normalized spacial score (nSPS) is 22.5. The van der Waals surface area contributed by atoms with Crippen LogP contribution in [0.5, 0.6) is 0 Å². The molecular formula is C41H81NO9. The first-order valence-corrected chi connectivity index (χ1v) is 21.3. The maximum absolute atomic E-state index is 12.7. The van der Waals surface area contributed by atoms with Crippen LogP contribution in [0.15, 0.2) is 0 Å². The molecule has 0 aromatic rings. The molecule has 0 bridgehead atoms. The van der Waals surface area contributed by atoms with Gasteiger partial charge in [-0.2, -0.15) is 0 Å². The zero-order valence-corrected chi connectivity index (χ0v) is 32.8. The van der Waals surface area contributed by atoms with Crippen LogP contribution in [0.4, 0.5) is 0 Å². The lowest BCUT2D eigenvalue weighted by Crippen LogP contribution is -2.60. The van der Waals surface area contributed by atoms with Crippen LogP contribution < -0.4 is 5.73 Å². The van der Waals surface area contributed by atoms with Crippen molar-refractivity contribution in [3.05, 3.63) is 0 Å². The molecule has 0 aromatic heterocycles. The molecule has 1 rings (SSSR count). The van der Waals surface area contributed by atoms with Crippen molar-refractivity contribution in [3.63, 3.8) is 0 Å². The number of rotatable bonds is 35. The Morgan fingerprint density at radius 2 is 1.04 bits per heavy atom. The summed E-state index contributed by atoms with van der Waals surface area (Å²) in [5.74, 6) is -0.346. The Hall–Kier alpha value is -0.850. The molecule has 304 valence electrons. The molecule has 7 N–H and O–H groups in total. The fourth-order valence-electron chi connectivity index (χ4n) is 6.96. The van der Waals surface area contributed by atoms with Crippen molar-refractivity contribution in [2.24, 2.45) is 5.73 Å². The summed E-state index contributed by atoms with van der Waals surface area (Å²) in [6.07, 6.45) is 24.7. The van der Waals surface area contributed by atoms with E-state index in [9.17, 15) is 30.3 Å². The second-order valence-corrected chi connectivity index (χ2v) is 15.2. The molecule has 0 unspecified atom stereocenters. The molecule has 1 heterocycles. The van der Waals surface area contributed by atoms with E-state index in [0.29, 0.717) is 12.8 Å². The molecular weight excluding hydrogens is 650 g/mol. The van der Waals surface area contributed by atoms with Crippen LogP contribution in [-0.4, -0.2) is 93.7 Å². The Bertz CT molecular complexity index is 788. The van der Waals surface area contributed by atoms with Gasteiger partial charge in [0.2, 0.25) is 0 Å². The molecule has 1 fully saturated rings.